The summed E-state index contributed by atoms with van der Waals surface area (Å²) in [6, 6.07) is 9.85. The smallest absolute Gasteiger partial charge is 0.177 e. The fourth-order valence-electron chi connectivity index (χ4n) is 8.24. The molecular formula is C40H50Cl2FN3O5S. The molecule has 0 amide bonds. The van der Waals surface area contributed by atoms with E-state index in [4.69, 9.17) is 32.5 Å². The van der Waals surface area contributed by atoms with Crippen molar-refractivity contribution in [3.8, 4) is 11.3 Å². The van der Waals surface area contributed by atoms with Gasteiger partial charge < -0.3 is 19.1 Å². The van der Waals surface area contributed by atoms with Crippen LogP contribution in [-0.2, 0) is 21.2 Å². The largest absolute Gasteiger partial charge is 0.373 e. The first-order valence-corrected chi connectivity index (χ1v) is 21.8. The molecule has 282 valence electrons. The molecule has 0 unspecified atom stereocenters. The van der Waals surface area contributed by atoms with Crippen LogP contribution in [0.1, 0.15) is 111 Å². The number of nitrogens with zero attached hydrogens (tertiary/aromatic N) is 3. The maximum absolute atomic E-state index is 15.5. The van der Waals surface area contributed by atoms with E-state index in [1.54, 1.807) is 30.3 Å². The van der Waals surface area contributed by atoms with Crippen LogP contribution in [0.25, 0.3) is 11.3 Å². The van der Waals surface area contributed by atoms with Crippen molar-refractivity contribution in [2.45, 2.75) is 108 Å². The zero-order valence-corrected chi connectivity index (χ0v) is 32.2. The second-order valence-corrected chi connectivity index (χ2v) is 18.3. The van der Waals surface area contributed by atoms with E-state index in [1.165, 1.54) is 57.8 Å². The number of ether oxygens (including phenoxy) is 1. The Bertz CT molecular complexity index is 1810. The molecule has 2 aromatic carbocycles. The number of piperidine rings is 1. The van der Waals surface area contributed by atoms with Gasteiger partial charge >= 0.3 is 0 Å². The number of Topliss-reactive ketones (excluding diaryl/α,β-unsaturated/α-hetero) is 1. The van der Waals surface area contributed by atoms with Gasteiger partial charge in [-0.3, -0.25) is 4.79 Å². The molecule has 2 saturated carbocycles. The Morgan fingerprint density at radius 3 is 2.31 bits per heavy atom. The first-order chi connectivity index (χ1) is 25.2. The predicted molar refractivity (Wildman–Crippen MR) is 204 cm³/mol. The number of halogens is 3. The zero-order valence-electron chi connectivity index (χ0n) is 29.8. The molecular weight excluding hydrogens is 724 g/mol. The van der Waals surface area contributed by atoms with Crippen molar-refractivity contribution < 1.29 is 26.9 Å². The lowest BCUT2D eigenvalue weighted by Crippen LogP contribution is -2.39. The van der Waals surface area contributed by atoms with Crippen molar-refractivity contribution in [1.29, 1.82) is 0 Å². The minimum absolute atomic E-state index is 0.00306. The second-order valence-electron chi connectivity index (χ2n) is 15.3. The highest BCUT2D eigenvalue weighted by Crippen LogP contribution is 2.47. The van der Waals surface area contributed by atoms with Gasteiger partial charge in [-0.1, -0.05) is 72.9 Å². The van der Waals surface area contributed by atoms with Crippen molar-refractivity contribution in [2.24, 2.45) is 5.92 Å². The number of unbranched alkanes of at least 4 members (excludes halogenated alkanes) is 7. The number of carbonyl (C=O) groups excluding carboxylic acids is 1. The van der Waals surface area contributed by atoms with E-state index < -0.39 is 27.2 Å². The SMILES string of the molecule is O=C(CS(=O)(=O)CCCCCCCCCCN1CCC1)c1ccc(N2C[C@@H]3C[C@H]2C[C@H]3OCc2c(-c3c(Cl)cccc3Cl)noc2C2CC2)c(F)c1. The van der Waals surface area contributed by atoms with Crippen LogP contribution in [0.3, 0.4) is 0 Å². The number of anilines is 1. The Kier molecular flexibility index (Phi) is 12.3. The average Bonchev–Trinajstić information content (AvgIpc) is 3.54. The molecule has 4 aliphatic rings. The number of rotatable bonds is 20. The molecule has 7 rings (SSSR count). The molecule has 12 heteroatoms. The molecule has 4 fully saturated rings. The highest BCUT2D eigenvalue weighted by atomic mass is 35.5. The molecule has 8 nitrogen and oxygen atoms in total. The van der Waals surface area contributed by atoms with Crippen LogP contribution in [0.5, 0.6) is 0 Å². The van der Waals surface area contributed by atoms with Gasteiger partial charge in [-0.25, -0.2) is 12.8 Å². The monoisotopic (exact) mass is 773 g/mol. The highest BCUT2D eigenvalue weighted by Gasteiger charge is 2.46. The van der Waals surface area contributed by atoms with Crippen LogP contribution >= 0.6 is 23.2 Å². The Morgan fingerprint density at radius 1 is 0.962 bits per heavy atom. The number of hydrogen-bond donors (Lipinski definition) is 0. The summed E-state index contributed by atoms with van der Waals surface area (Å²) in [5.74, 6) is -0.283. The number of carbonyl (C=O) groups is 1. The fourth-order valence-corrected chi connectivity index (χ4v) is 10.2. The number of sulfone groups is 1. The lowest BCUT2D eigenvalue weighted by Gasteiger charge is -2.33. The van der Waals surface area contributed by atoms with Crippen LogP contribution in [0.4, 0.5) is 10.1 Å². The number of hydrogen-bond acceptors (Lipinski definition) is 8. The van der Waals surface area contributed by atoms with Crippen molar-refractivity contribution in [1.82, 2.24) is 10.1 Å². The van der Waals surface area contributed by atoms with Gasteiger partial charge in [0.25, 0.3) is 0 Å². The van der Waals surface area contributed by atoms with Crippen molar-refractivity contribution in [3.63, 3.8) is 0 Å². The molecule has 0 N–H and O–H groups in total. The molecule has 2 bridgehead atoms. The van der Waals surface area contributed by atoms with Crippen LogP contribution in [0, 0.1) is 11.7 Å². The van der Waals surface area contributed by atoms with Gasteiger partial charge in [-0.05, 0) is 94.9 Å². The van der Waals surface area contributed by atoms with E-state index in [0.717, 1.165) is 56.3 Å². The van der Waals surface area contributed by atoms with Gasteiger partial charge in [0, 0.05) is 41.1 Å². The first kappa shape index (κ1) is 37.8. The Morgan fingerprint density at radius 2 is 1.67 bits per heavy atom. The highest BCUT2D eigenvalue weighted by molar-refractivity contribution is 7.92. The Balaban J connectivity index is 0.858. The zero-order chi connectivity index (χ0) is 36.2. The van der Waals surface area contributed by atoms with Gasteiger partial charge in [0.2, 0.25) is 0 Å². The lowest BCUT2D eigenvalue weighted by molar-refractivity contribution is 0.0122. The molecule has 2 saturated heterocycles. The summed E-state index contributed by atoms with van der Waals surface area (Å²) in [6.45, 7) is 4.70. The van der Waals surface area contributed by atoms with Gasteiger partial charge in [0.05, 0.1) is 34.2 Å². The topological polar surface area (TPSA) is 93.0 Å². The third-order valence-electron chi connectivity index (χ3n) is 11.4. The van der Waals surface area contributed by atoms with E-state index in [1.807, 2.05) is 0 Å². The molecule has 3 aromatic rings. The quantitative estimate of drug-likeness (QED) is 0.0829. The third-order valence-corrected chi connectivity index (χ3v) is 13.7. The number of fused-ring (bicyclic) bond motifs is 2. The molecule has 0 radical (unpaired) electrons. The molecule has 2 aliphatic carbocycles. The lowest BCUT2D eigenvalue weighted by atomic mass is 10.0. The Hall–Kier alpha value is -2.50. The van der Waals surface area contributed by atoms with Crippen LogP contribution in [0.2, 0.25) is 10.0 Å². The normalized spacial score (nSPS) is 21.6. The maximum Gasteiger partial charge on any atom is 0.177 e. The maximum atomic E-state index is 15.5. The van der Waals surface area contributed by atoms with Gasteiger partial charge in [0.15, 0.2) is 15.6 Å². The van der Waals surface area contributed by atoms with Crippen LogP contribution in [-0.4, -0.2) is 74.1 Å². The standard InChI is InChI=1S/C40H50Cl2FN3O5S/c41-32-11-9-12-33(42)38(32)39-31(40(51-44-39)27-13-14-27)25-50-37-23-30-21-29(37)24-46(30)35-16-15-28(22-34(35)43)36(47)26-52(48,49)20-8-6-4-2-1-3-5-7-17-45-18-10-19-45/h9,11-12,15-16,22,27,29-30,37H,1-8,10,13-14,17-21,23-26H2/t29-,30-,37+/m0/s1. The molecule has 52 heavy (non-hydrogen) atoms. The first-order valence-electron chi connectivity index (χ1n) is 19.2. The predicted octanol–water partition coefficient (Wildman–Crippen LogP) is 9.27. The van der Waals surface area contributed by atoms with Crippen LogP contribution < -0.4 is 4.90 Å². The fraction of sp³-hybridized carbons (Fsp3) is 0.600. The summed E-state index contributed by atoms with van der Waals surface area (Å²) in [5.41, 5.74) is 2.69. The molecule has 2 aliphatic heterocycles. The van der Waals surface area contributed by atoms with Crippen molar-refractivity contribution >= 4 is 44.5 Å². The summed E-state index contributed by atoms with van der Waals surface area (Å²) in [5, 5.41) is 5.38. The van der Waals surface area contributed by atoms with Crippen molar-refractivity contribution in [3.05, 3.63) is 69.1 Å². The van der Waals surface area contributed by atoms with Gasteiger partial charge in [-0.15, -0.1) is 0 Å². The molecule has 3 heterocycles. The van der Waals surface area contributed by atoms with E-state index in [-0.39, 0.29) is 29.4 Å². The summed E-state index contributed by atoms with van der Waals surface area (Å²) in [6.07, 6.45) is 13.5. The van der Waals surface area contributed by atoms with Crippen molar-refractivity contribution in [2.75, 3.05) is 42.6 Å². The summed E-state index contributed by atoms with van der Waals surface area (Å²) in [4.78, 5) is 17.5. The van der Waals surface area contributed by atoms with Gasteiger partial charge in [-0.2, -0.15) is 0 Å². The minimum Gasteiger partial charge on any atom is -0.373 e. The van der Waals surface area contributed by atoms with Gasteiger partial charge in [0.1, 0.15) is 23.0 Å². The molecule has 0 spiro atoms. The van der Waals surface area contributed by atoms with E-state index in [9.17, 15) is 13.2 Å². The third kappa shape index (κ3) is 9.06. The number of likely N-dealkylation sites (tertiary alicyclic amines) is 1. The summed E-state index contributed by atoms with van der Waals surface area (Å²) in [7, 11) is -3.56. The number of benzene rings is 2. The minimum atomic E-state index is -3.56. The number of ketones is 1. The van der Waals surface area contributed by atoms with E-state index in [0.29, 0.717) is 52.5 Å². The van der Waals surface area contributed by atoms with E-state index >= 15 is 4.39 Å². The average molecular weight is 775 g/mol. The molecule has 3 atom stereocenters. The second kappa shape index (κ2) is 16.9. The number of aromatic nitrogens is 1. The summed E-state index contributed by atoms with van der Waals surface area (Å²) < 4.78 is 53.3. The molecule has 1 aromatic heterocycles. The summed E-state index contributed by atoms with van der Waals surface area (Å²) >= 11 is 13.1. The Labute approximate surface area is 317 Å². The van der Waals surface area contributed by atoms with E-state index in [2.05, 4.69) is 15.0 Å². The van der Waals surface area contributed by atoms with Crippen LogP contribution in [0.15, 0.2) is 40.9 Å².